The molecule has 1 aromatic carbocycles. The molecule has 0 atom stereocenters. The number of benzene rings is 1. The highest BCUT2D eigenvalue weighted by atomic mass is 16.6. The van der Waals surface area contributed by atoms with E-state index in [9.17, 15) is 4.79 Å². The Morgan fingerprint density at radius 1 is 1.00 bits per heavy atom. The van der Waals surface area contributed by atoms with Crippen LogP contribution in [0.25, 0.3) is 22.0 Å². The SMILES string of the molecule is CCCCOC(=O)N1CCN(c2cc(-c3nc(Nc4cnccn4)cc4ccccc34)ccn2)CC1. The number of pyridine rings is 2. The van der Waals surface area contributed by atoms with Crippen LogP contribution in [0.2, 0.25) is 0 Å². The third-order valence-electron chi connectivity index (χ3n) is 6.16. The van der Waals surface area contributed by atoms with Crippen molar-refractivity contribution < 1.29 is 9.53 Å². The van der Waals surface area contributed by atoms with Crippen molar-refractivity contribution in [2.24, 2.45) is 0 Å². The van der Waals surface area contributed by atoms with E-state index in [1.54, 1.807) is 23.5 Å². The maximum absolute atomic E-state index is 12.3. The number of piperazine rings is 1. The maximum atomic E-state index is 12.3. The number of ether oxygens (including phenoxy) is 1. The highest BCUT2D eigenvalue weighted by Gasteiger charge is 2.23. The zero-order valence-electron chi connectivity index (χ0n) is 20.3. The lowest BCUT2D eigenvalue weighted by Gasteiger charge is -2.34. The number of rotatable bonds is 7. The van der Waals surface area contributed by atoms with Crippen molar-refractivity contribution in [3.63, 3.8) is 0 Å². The molecule has 9 heteroatoms. The van der Waals surface area contributed by atoms with Gasteiger partial charge in [-0.25, -0.2) is 19.7 Å². The number of anilines is 3. The van der Waals surface area contributed by atoms with Crippen molar-refractivity contribution in [1.29, 1.82) is 0 Å². The van der Waals surface area contributed by atoms with Gasteiger partial charge in [-0.05, 0) is 30.0 Å². The van der Waals surface area contributed by atoms with Crippen LogP contribution in [0.3, 0.4) is 0 Å². The van der Waals surface area contributed by atoms with Crippen molar-refractivity contribution in [1.82, 2.24) is 24.8 Å². The van der Waals surface area contributed by atoms with Gasteiger partial charge in [-0.3, -0.25) is 4.98 Å². The van der Waals surface area contributed by atoms with Crippen LogP contribution in [0.15, 0.2) is 67.3 Å². The van der Waals surface area contributed by atoms with E-state index in [-0.39, 0.29) is 6.09 Å². The minimum atomic E-state index is -0.229. The van der Waals surface area contributed by atoms with Gasteiger partial charge in [-0.2, -0.15) is 0 Å². The Morgan fingerprint density at radius 3 is 2.67 bits per heavy atom. The summed E-state index contributed by atoms with van der Waals surface area (Å²) in [5.74, 6) is 2.19. The standard InChI is InChI=1S/C27H29N7O2/c1-2-3-16-36-27(35)34-14-12-33(13-15-34)25-18-21(8-9-30-25)26-22-7-5-4-6-20(22)17-23(32-26)31-24-19-28-10-11-29-24/h4-11,17-19H,2-3,12-16H2,1H3,(H,29,31,32). The van der Waals surface area contributed by atoms with Gasteiger partial charge in [0.25, 0.3) is 0 Å². The maximum Gasteiger partial charge on any atom is 0.409 e. The van der Waals surface area contributed by atoms with Crippen LogP contribution in [0.1, 0.15) is 19.8 Å². The van der Waals surface area contributed by atoms with Crippen LogP contribution in [0.5, 0.6) is 0 Å². The average molecular weight is 484 g/mol. The molecule has 4 aromatic rings. The summed E-state index contributed by atoms with van der Waals surface area (Å²) in [5.41, 5.74) is 1.83. The van der Waals surface area contributed by atoms with Crippen LogP contribution in [0, 0.1) is 0 Å². The summed E-state index contributed by atoms with van der Waals surface area (Å²) in [7, 11) is 0. The second-order valence-corrected chi connectivity index (χ2v) is 8.64. The van der Waals surface area contributed by atoms with E-state index in [4.69, 9.17) is 9.72 Å². The molecule has 0 spiro atoms. The molecule has 5 rings (SSSR count). The Bertz CT molecular complexity index is 1320. The molecular formula is C27H29N7O2. The minimum absolute atomic E-state index is 0.229. The van der Waals surface area contributed by atoms with Gasteiger partial charge < -0.3 is 19.9 Å². The topological polar surface area (TPSA) is 96.4 Å². The van der Waals surface area contributed by atoms with Crippen molar-refractivity contribution in [2.75, 3.05) is 43.0 Å². The molecule has 1 aliphatic heterocycles. The van der Waals surface area contributed by atoms with Crippen LogP contribution in [-0.4, -0.2) is 63.7 Å². The predicted octanol–water partition coefficient (Wildman–Crippen LogP) is 4.89. The number of unbranched alkanes of at least 4 members (excludes halogenated alkanes) is 1. The summed E-state index contributed by atoms with van der Waals surface area (Å²) in [6, 6.07) is 14.2. The van der Waals surface area contributed by atoms with Gasteiger partial charge in [0.05, 0.1) is 18.5 Å². The summed E-state index contributed by atoms with van der Waals surface area (Å²) >= 11 is 0. The number of amides is 1. The Kier molecular flexibility index (Phi) is 7.16. The van der Waals surface area contributed by atoms with Crippen LogP contribution in [0.4, 0.5) is 22.2 Å². The van der Waals surface area contributed by atoms with Gasteiger partial charge >= 0.3 is 6.09 Å². The second kappa shape index (κ2) is 11.0. The fourth-order valence-corrected chi connectivity index (χ4v) is 4.23. The molecule has 9 nitrogen and oxygen atoms in total. The van der Waals surface area contributed by atoms with Crippen LogP contribution in [-0.2, 0) is 4.74 Å². The van der Waals surface area contributed by atoms with E-state index in [1.807, 2.05) is 30.5 Å². The monoisotopic (exact) mass is 483 g/mol. The van der Waals surface area contributed by atoms with Crippen molar-refractivity contribution >= 4 is 34.3 Å². The average Bonchev–Trinajstić information content (AvgIpc) is 2.93. The lowest BCUT2D eigenvalue weighted by atomic mass is 10.0. The molecule has 36 heavy (non-hydrogen) atoms. The highest BCUT2D eigenvalue weighted by molar-refractivity contribution is 5.96. The first kappa shape index (κ1) is 23.5. The molecule has 1 saturated heterocycles. The normalized spacial score (nSPS) is 13.6. The summed E-state index contributed by atoms with van der Waals surface area (Å²) in [6.07, 6.45) is 8.43. The first-order valence-electron chi connectivity index (χ1n) is 12.3. The van der Waals surface area contributed by atoms with Gasteiger partial charge in [-0.15, -0.1) is 0 Å². The van der Waals surface area contributed by atoms with Crippen LogP contribution < -0.4 is 10.2 Å². The van der Waals surface area contributed by atoms with Gasteiger partial charge in [-0.1, -0.05) is 37.6 Å². The number of carbonyl (C=O) groups is 1. The quantitative estimate of drug-likeness (QED) is 0.371. The first-order chi connectivity index (χ1) is 17.7. The molecule has 0 saturated carbocycles. The van der Waals surface area contributed by atoms with Gasteiger partial charge in [0, 0.05) is 55.7 Å². The van der Waals surface area contributed by atoms with E-state index >= 15 is 0 Å². The summed E-state index contributed by atoms with van der Waals surface area (Å²) in [6.45, 7) is 5.16. The molecule has 1 aliphatic rings. The number of hydrogen-bond acceptors (Lipinski definition) is 8. The Morgan fingerprint density at radius 2 is 1.86 bits per heavy atom. The number of hydrogen-bond donors (Lipinski definition) is 1. The zero-order valence-corrected chi connectivity index (χ0v) is 20.3. The van der Waals surface area contributed by atoms with Gasteiger partial charge in [0.1, 0.15) is 17.5 Å². The van der Waals surface area contributed by atoms with E-state index in [0.717, 1.165) is 40.7 Å². The first-order valence-corrected chi connectivity index (χ1v) is 12.3. The number of nitrogens with zero attached hydrogens (tertiary/aromatic N) is 6. The van der Waals surface area contributed by atoms with E-state index < -0.39 is 0 Å². The molecule has 0 radical (unpaired) electrons. The van der Waals surface area contributed by atoms with Crippen molar-refractivity contribution in [3.8, 4) is 11.3 Å². The molecule has 1 amide bonds. The predicted molar refractivity (Wildman–Crippen MR) is 140 cm³/mol. The van der Waals surface area contributed by atoms with E-state index in [0.29, 0.717) is 44.4 Å². The fourth-order valence-electron chi connectivity index (χ4n) is 4.23. The van der Waals surface area contributed by atoms with Crippen molar-refractivity contribution in [3.05, 3.63) is 67.3 Å². The molecule has 1 fully saturated rings. The fraction of sp³-hybridized carbons (Fsp3) is 0.296. The van der Waals surface area contributed by atoms with Crippen molar-refractivity contribution in [2.45, 2.75) is 19.8 Å². The molecule has 1 N–H and O–H groups in total. The molecule has 3 aromatic heterocycles. The molecular weight excluding hydrogens is 454 g/mol. The largest absolute Gasteiger partial charge is 0.449 e. The second-order valence-electron chi connectivity index (χ2n) is 8.64. The molecule has 4 heterocycles. The number of carbonyl (C=O) groups excluding carboxylic acids is 1. The molecule has 0 bridgehead atoms. The molecule has 0 aliphatic carbocycles. The lowest BCUT2D eigenvalue weighted by Crippen LogP contribution is -2.49. The number of fused-ring (bicyclic) bond motifs is 1. The number of nitrogens with one attached hydrogen (secondary N) is 1. The molecule has 0 unspecified atom stereocenters. The third kappa shape index (κ3) is 5.35. The smallest absolute Gasteiger partial charge is 0.409 e. The summed E-state index contributed by atoms with van der Waals surface area (Å²) < 4.78 is 5.36. The Labute approximate surface area is 210 Å². The van der Waals surface area contributed by atoms with E-state index in [1.165, 1.54) is 0 Å². The molecule has 184 valence electrons. The number of aromatic nitrogens is 4. The van der Waals surface area contributed by atoms with E-state index in [2.05, 4.69) is 50.3 Å². The zero-order chi connectivity index (χ0) is 24.7. The summed E-state index contributed by atoms with van der Waals surface area (Å²) in [4.78, 5) is 34.2. The lowest BCUT2D eigenvalue weighted by molar-refractivity contribution is 0.0989. The third-order valence-corrected chi connectivity index (χ3v) is 6.16. The highest BCUT2D eigenvalue weighted by Crippen LogP contribution is 2.31. The van der Waals surface area contributed by atoms with Gasteiger partial charge in [0.15, 0.2) is 0 Å². The van der Waals surface area contributed by atoms with Gasteiger partial charge in [0.2, 0.25) is 0 Å². The Balaban J connectivity index is 1.37. The Hall–Kier alpha value is -4.27. The summed E-state index contributed by atoms with van der Waals surface area (Å²) in [5, 5.41) is 5.38. The van der Waals surface area contributed by atoms with Crippen LogP contribution >= 0.6 is 0 Å². The minimum Gasteiger partial charge on any atom is -0.449 e.